The molecule has 0 aromatic carbocycles. The van der Waals surface area contributed by atoms with Gasteiger partial charge in [0.2, 0.25) is 0 Å². The highest BCUT2D eigenvalue weighted by atomic mass is 16.5. The van der Waals surface area contributed by atoms with Gasteiger partial charge in [0, 0.05) is 0 Å². The van der Waals surface area contributed by atoms with E-state index in [0.717, 1.165) is 0 Å². The topological polar surface area (TPSA) is 66.8 Å². The number of ether oxygens (including phenoxy) is 1. The van der Waals surface area contributed by atoms with Crippen LogP contribution in [0.2, 0.25) is 0 Å². The maximum atomic E-state index is 10.6. The van der Waals surface area contributed by atoms with Gasteiger partial charge in [-0.25, -0.2) is 0 Å². The molecular weight excluding hydrogens is 198 g/mol. The minimum atomic E-state index is -0.859. The standard InChI is InChI=1S/C10H19NO4/c1-10(7-12)6-11(2,3)5-8(15-10)4-9(13)14/h8,12H,4-7H2,1-3H3/p+1/t8-,10-/m1/s1. The molecule has 0 amide bonds. The summed E-state index contributed by atoms with van der Waals surface area (Å²) in [5.74, 6) is -0.859. The van der Waals surface area contributed by atoms with Crippen molar-refractivity contribution in [3.8, 4) is 0 Å². The Labute approximate surface area is 89.9 Å². The number of quaternary nitrogens is 1. The van der Waals surface area contributed by atoms with Crippen molar-refractivity contribution < 1.29 is 24.2 Å². The second kappa shape index (κ2) is 4.08. The molecule has 5 heteroatoms. The third-order valence-electron chi connectivity index (χ3n) is 2.65. The lowest BCUT2D eigenvalue weighted by atomic mass is 10.0. The van der Waals surface area contributed by atoms with E-state index >= 15 is 0 Å². The summed E-state index contributed by atoms with van der Waals surface area (Å²) in [6.45, 7) is 3.10. The fraction of sp³-hybridized carbons (Fsp3) is 0.900. The van der Waals surface area contributed by atoms with E-state index in [2.05, 4.69) is 0 Å². The van der Waals surface area contributed by atoms with Crippen molar-refractivity contribution in [2.24, 2.45) is 0 Å². The first kappa shape index (κ1) is 12.4. The molecule has 0 radical (unpaired) electrons. The first-order chi connectivity index (χ1) is 6.76. The molecule has 2 N–H and O–H groups in total. The van der Waals surface area contributed by atoms with Crippen LogP contribution in [0.3, 0.4) is 0 Å². The number of nitrogens with zero attached hydrogens (tertiary/aromatic N) is 1. The van der Waals surface area contributed by atoms with Crippen molar-refractivity contribution in [1.29, 1.82) is 0 Å². The van der Waals surface area contributed by atoms with Crippen molar-refractivity contribution in [2.75, 3.05) is 33.8 Å². The van der Waals surface area contributed by atoms with Gasteiger partial charge in [0.15, 0.2) is 0 Å². The fourth-order valence-electron chi connectivity index (χ4n) is 2.39. The molecule has 0 spiro atoms. The zero-order valence-electron chi connectivity index (χ0n) is 9.56. The minimum absolute atomic E-state index is 0.00271. The van der Waals surface area contributed by atoms with E-state index in [1.54, 1.807) is 0 Å². The number of aliphatic hydroxyl groups is 1. The van der Waals surface area contributed by atoms with Crippen LogP contribution in [0.5, 0.6) is 0 Å². The molecule has 1 saturated heterocycles. The molecule has 0 unspecified atom stereocenters. The van der Waals surface area contributed by atoms with Crippen molar-refractivity contribution in [3.05, 3.63) is 0 Å². The summed E-state index contributed by atoms with van der Waals surface area (Å²) >= 11 is 0. The summed E-state index contributed by atoms with van der Waals surface area (Å²) in [5.41, 5.74) is -0.623. The number of aliphatic carboxylic acids is 1. The van der Waals surface area contributed by atoms with E-state index in [1.807, 2.05) is 21.0 Å². The second-order valence-corrected chi connectivity index (χ2v) is 5.22. The third kappa shape index (κ3) is 3.44. The van der Waals surface area contributed by atoms with Crippen LogP contribution in [0.4, 0.5) is 0 Å². The number of likely N-dealkylation sites (N-methyl/N-ethyl adjacent to an activating group) is 1. The zero-order valence-corrected chi connectivity index (χ0v) is 9.56. The van der Waals surface area contributed by atoms with Gasteiger partial charge in [-0.15, -0.1) is 0 Å². The van der Waals surface area contributed by atoms with Crippen LogP contribution in [0.25, 0.3) is 0 Å². The zero-order chi connectivity index (χ0) is 11.7. The Hall–Kier alpha value is -0.650. The van der Waals surface area contributed by atoms with Gasteiger partial charge in [0.1, 0.15) is 24.8 Å². The maximum absolute atomic E-state index is 10.6. The fourth-order valence-corrected chi connectivity index (χ4v) is 2.39. The van der Waals surface area contributed by atoms with Gasteiger partial charge >= 0.3 is 5.97 Å². The quantitative estimate of drug-likeness (QED) is 0.638. The van der Waals surface area contributed by atoms with Gasteiger partial charge in [0.25, 0.3) is 0 Å². The SMILES string of the molecule is C[C@]1(CO)C[N+](C)(C)C[C@@H](CC(=O)O)O1. The monoisotopic (exact) mass is 218 g/mol. The highest BCUT2D eigenvalue weighted by Crippen LogP contribution is 2.25. The van der Waals surface area contributed by atoms with Crippen LogP contribution >= 0.6 is 0 Å². The molecule has 0 aliphatic carbocycles. The van der Waals surface area contributed by atoms with Crippen molar-refractivity contribution >= 4 is 5.97 Å². The normalized spacial score (nSPS) is 35.1. The van der Waals surface area contributed by atoms with Crippen LogP contribution in [-0.2, 0) is 9.53 Å². The third-order valence-corrected chi connectivity index (χ3v) is 2.65. The molecule has 88 valence electrons. The highest BCUT2D eigenvalue weighted by Gasteiger charge is 2.43. The van der Waals surface area contributed by atoms with Gasteiger partial charge in [-0.3, -0.25) is 4.79 Å². The predicted molar refractivity (Wildman–Crippen MR) is 54.5 cm³/mol. The number of hydrogen-bond donors (Lipinski definition) is 2. The van der Waals surface area contributed by atoms with Gasteiger partial charge < -0.3 is 19.4 Å². The van der Waals surface area contributed by atoms with Crippen LogP contribution in [0.15, 0.2) is 0 Å². The highest BCUT2D eigenvalue weighted by molar-refractivity contribution is 5.67. The van der Waals surface area contributed by atoms with E-state index < -0.39 is 11.6 Å². The molecule has 0 aromatic heterocycles. The Morgan fingerprint density at radius 1 is 1.60 bits per heavy atom. The van der Waals surface area contributed by atoms with E-state index in [9.17, 15) is 9.90 Å². The number of hydrogen-bond acceptors (Lipinski definition) is 3. The number of carbonyl (C=O) groups is 1. The van der Waals surface area contributed by atoms with Crippen LogP contribution in [0, 0.1) is 0 Å². The first-order valence-corrected chi connectivity index (χ1v) is 5.09. The van der Waals surface area contributed by atoms with E-state index in [4.69, 9.17) is 9.84 Å². The van der Waals surface area contributed by atoms with E-state index in [-0.39, 0.29) is 19.1 Å². The molecule has 0 saturated carbocycles. The number of carboxylic acids is 1. The summed E-state index contributed by atoms with van der Waals surface area (Å²) in [6.07, 6.45) is -0.319. The Morgan fingerprint density at radius 3 is 2.67 bits per heavy atom. The second-order valence-electron chi connectivity index (χ2n) is 5.22. The molecular formula is C10H20NO4+. The number of aliphatic hydroxyl groups excluding tert-OH is 1. The van der Waals surface area contributed by atoms with Gasteiger partial charge in [-0.2, -0.15) is 0 Å². The summed E-state index contributed by atoms with van der Waals surface area (Å²) in [5, 5.41) is 18.0. The maximum Gasteiger partial charge on any atom is 0.306 e. The average Bonchev–Trinajstić information content (AvgIpc) is 1.98. The molecule has 1 rings (SSSR count). The Kier molecular flexibility index (Phi) is 3.38. The van der Waals surface area contributed by atoms with Crippen molar-refractivity contribution in [2.45, 2.75) is 25.0 Å². The van der Waals surface area contributed by atoms with Gasteiger partial charge in [-0.05, 0) is 6.92 Å². The number of rotatable bonds is 3. The molecule has 1 heterocycles. The molecule has 5 nitrogen and oxygen atoms in total. The average molecular weight is 218 g/mol. The Bertz CT molecular complexity index is 254. The Morgan fingerprint density at radius 2 is 2.20 bits per heavy atom. The lowest BCUT2D eigenvalue weighted by Crippen LogP contribution is -2.62. The summed E-state index contributed by atoms with van der Waals surface area (Å²) in [7, 11) is 4.04. The molecule has 1 aliphatic heterocycles. The van der Waals surface area contributed by atoms with Gasteiger partial charge in [0.05, 0.1) is 27.1 Å². The van der Waals surface area contributed by atoms with Crippen LogP contribution in [-0.4, -0.2) is 66.2 Å². The van der Waals surface area contributed by atoms with E-state index in [0.29, 0.717) is 17.6 Å². The lowest BCUT2D eigenvalue weighted by molar-refractivity contribution is -0.909. The summed E-state index contributed by atoms with van der Waals surface area (Å²) in [6, 6.07) is 0. The molecule has 0 aromatic rings. The number of carboxylic acid groups (broad SMARTS) is 1. The largest absolute Gasteiger partial charge is 0.481 e. The van der Waals surface area contributed by atoms with Crippen molar-refractivity contribution in [3.63, 3.8) is 0 Å². The van der Waals surface area contributed by atoms with E-state index in [1.165, 1.54) is 0 Å². The lowest BCUT2D eigenvalue weighted by Gasteiger charge is -2.46. The minimum Gasteiger partial charge on any atom is -0.481 e. The smallest absolute Gasteiger partial charge is 0.306 e. The molecule has 1 aliphatic rings. The summed E-state index contributed by atoms with van der Waals surface area (Å²) < 4.78 is 6.30. The molecule has 15 heavy (non-hydrogen) atoms. The molecule has 1 fully saturated rings. The molecule has 2 atom stereocenters. The van der Waals surface area contributed by atoms with Crippen LogP contribution < -0.4 is 0 Å². The van der Waals surface area contributed by atoms with Gasteiger partial charge in [-0.1, -0.05) is 0 Å². The summed E-state index contributed by atoms with van der Waals surface area (Å²) in [4.78, 5) is 10.6. The van der Waals surface area contributed by atoms with Crippen molar-refractivity contribution in [1.82, 2.24) is 0 Å². The Balaban J connectivity index is 2.72. The van der Waals surface area contributed by atoms with Crippen LogP contribution in [0.1, 0.15) is 13.3 Å². The first-order valence-electron chi connectivity index (χ1n) is 5.09. The predicted octanol–water partition coefficient (Wildman–Crippen LogP) is -0.313. The number of morpholine rings is 1. The molecule has 0 bridgehead atoms.